The zero-order valence-electron chi connectivity index (χ0n) is 20.0. The molecule has 1 aliphatic heterocycles. The quantitative estimate of drug-likeness (QED) is 0.346. The van der Waals surface area contributed by atoms with Crippen LogP contribution in [0.25, 0.3) is 22.3 Å². The lowest BCUT2D eigenvalue weighted by Gasteiger charge is -2.19. The first-order chi connectivity index (χ1) is 17.8. The van der Waals surface area contributed by atoms with E-state index in [-0.39, 0.29) is 17.2 Å². The lowest BCUT2D eigenvalue weighted by molar-refractivity contribution is -0.159. The van der Waals surface area contributed by atoms with Crippen LogP contribution in [0.3, 0.4) is 0 Å². The molecule has 2 aliphatic rings. The van der Waals surface area contributed by atoms with E-state index in [1.54, 1.807) is 6.07 Å². The topological polar surface area (TPSA) is 84.9 Å². The summed E-state index contributed by atoms with van der Waals surface area (Å²) in [5.41, 5.74) is 2.42. The molecule has 0 radical (unpaired) electrons. The molecule has 6 rings (SSSR count). The molecule has 12 heteroatoms. The predicted octanol–water partition coefficient (Wildman–Crippen LogP) is 4.52. The van der Waals surface area contributed by atoms with Gasteiger partial charge in [0.2, 0.25) is 11.8 Å². The van der Waals surface area contributed by atoms with Gasteiger partial charge in [-0.05, 0) is 54.5 Å². The van der Waals surface area contributed by atoms with E-state index in [1.165, 1.54) is 18.5 Å². The van der Waals surface area contributed by atoms with Crippen molar-refractivity contribution in [2.75, 3.05) is 24.5 Å². The van der Waals surface area contributed by atoms with Crippen molar-refractivity contribution < 1.29 is 22.1 Å². The minimum atomic E-state index is -4.69. The summed E-state index contributed by atoms with van der Waals surface area (Å²) in [6.07, 6.45) is 1.26. The molecule has 1 N–H and O–H groups in total. The van der Waals surface area contributed by atoms with Gasteiger partial charge >= 0.3 is 12.1 Å². The van der Waals surface area contributed by atoms with Crippen LogP contribution in [-0.4, -0.2) is 44.3 Å². The molecule has 0 amide bonds. The molecule has 0 bridgehead atoms. The lowest BCUT2D eigenvalue weighted by atomic mass is 10.1. The smallest absolute Gasteiger partial charge is 0.347 e. The molecule has 37 heavy (non-hydrogen) atoms. The van der Waals surface area contributed by atoms with Gasteiger partial charge in [-0.1, -0.05) is 12.1 Å². The molecule has 2 fully saturated rings. The van der Waals surface area contributed by atoms with E-state index in [0.29, 0.717) is 30.2 Å². The van der Waals surface area contributed by atoms with Crippen LogP contribution in [0.1, 0.15) is 24.8 Å². The van der Waals surface area contributed by atoms with Gasteiger partial charge in [-0.25, -0.2) is 14.4 Å². The van der Waals surface area contributed by atoms with Crippen molar-refractivity contribution in [3.63, 3.8) is 0 Å². The molecule has 0 spiro atoms. The average molecular weight is 516 g/mol. The number of benzene rings is 1. The maximum atomic E-state index is 13.9. The Hall–Kier alpha value is -3.54. The minimum Gasteiger partial charge on any atom is -0.347 e. The molecule has 1 saturated carbocycles. The van der Waals surface area contributed by atoms with E-state index in [9.17, 15) is 17.6 Å². The second-order valence-corrected chi connectivity index (χ2v) is 9.73. The highest BCUT2D eigenvalue weighted by molar-refractivity contribution is 5.84. The van der Waals surface area contributed by atoms with E-state index >= 15 is 0 Å². The van der Waals surface area contributed by atoms with Crippen molar-refractivity contribution >= 4 is 16.9 Å². The molecule has 3 aromatic heterocycles. The van der Waals surface area contributed by atoms with Crippen LogP contribution in [0.15, 0.2) is 41.3 Å². The summed E-state index contributed by atoms with van der Waals surface area (Å²) in [6.45, 7) is 6.26. The van der Waals surface area contributed by atoms with Gasteiger partial charge in [-0.15, -0.1) is 0 Å². The Balaban J connectivity index is 1.02. The number of aromatic nitrogens is 5. The first-order valence-corrected chi connectivity index (χ1v) is 12.3. The van der Waals surface area contributed by atoms with Crippen molar-refractivity contribution in [2.24, 2.45) is 17.8 Å². The lowest BCUT2D eigenvalue weighted by Crippen LogP contribution is -2.28. The number of aryl methyl sites for hydroxylation is 1. The summed E-state index contributed by atoms with van der Waals surface area (Å²) in [7, 11) is 0. The third kappa shape index (κ3) is 4.54. The maximum Gasteiger partial charge on any atom is 0.471 e. The van der Waals surface area contributed by atoms with Gasteiger partial charge in [0.25, 0.3) is 0 Å². The van der Waals surface area contributed by atoms with Gasteiger partial charge in [-0.2, -0.15) is 18.2 Å². The van der Waals surface area contributed by atoms with Gasteiger partial charge in [0, 0.05) is 55.7 Å². The van der Waals surface area contributed by atoms with Crippen LogP contribution in [0.5, 0.6) is 0 Å². The van der Waals surface area contributed by atoms with E-state index in [1.807, 2.05) is 6.07 Å². The van der Waals surface area contributed by atoms with E-state index < -0.39 is 12.1 Å². The largest absolute Gasteiger partial charge is 0.471 e. The molecule has 4 heterocycles. The fourth-order valence-corrected chi connectivity index (χ4v) is 5.45. The van der Waals surface area contributed by atoms with Crippen LogP contribution in [0, 0.1) is 23.6 Å². The number of nitrogens with one attached hydrogen (secondary N) is 1. The van der Waals surface area contributed by atoms with Crippen LogP contribution >= 0.6 is 0 Å². The maximum absolute atomic E-state index is 13.9. The highest BCUT2D eigenvalue weighted by Crippen LogP contribution is 2.51. The van der Waals surface area contributed by atoms with Crippen LogP contribution in [0.4, 0.5) is 23.5 Å². The summed E-state index contributed by atoms with van der Waals surface area (Å²) in [5, 5.41) is 7.89. The fraction of sp³-hybridized carbons (Fsp3) is 0.440. The number of alkyl halides is 3. The number of piperidine rings is 1. The summed E-state index contributed by atoms with van der Waals surface area (Å²) >= 11 is 0. The van der Waals surface area contributed by atoms with Gasteiger partial charge < -0.3 is 19.3 Å². The van der Waals surface area contributed by atoms with Crippen molar-refractivity contribution in [3.8, 4) is 11.4 Å². The average Bonchev–Trinajstić information content (AvgIpc) is 3.32. The summed E-state index contributed by atoms with van der Waals surface area (Å²) in [4.78, 5) is 14.1. The highest BCUT2D eigenvalue weighted by Gasteiger charge is 2.55. The number of fused-ring (bicyclic) bond motifs is 2. The fourth-order valence-electron chi connectivity index (χ4n) is 5.45. The van der Waals surface area contributed by atoms with Gasteiger partial charge in [0.05, 0.1) is 5.56 Å². The molecule has 8 nitrogen and oxygen atoms in total. The van der Waals surface area contributed by atoms with Crippen molar-refractivity contribution in [3.05, 3.63) is 54.1 Å². The molecule has 1 aliphatic carbocycles. The Morgan fingerprint density at radius 2 is 1.89 bits per heavy atom. The molecular weight excluding hydrogens is 490 g/mol. The summed E-state index contributed by atoms with van der Waals surface area (Å²) < 4.78 is 58.3. The number of rotatable bonds is 8. The van der Waals surface area contributed by atoms with Gasteiger partial charge in [0.1, 0.15) is 5.82 Å². The molecule has 194 valence electrons. The highest BCUT2D eigenvalue weighted by atomic mass is 19.4. The number of anilines is 1. The third-order valence-electron chi connectivity index (χ3n) is 7.30. The van der Waals surface area contributed by atoms with Crippen molar-refractivity contribution in [1.82, 2.24) is 30.0 Å². The first-order valence-electron chi connectivity index (χ1n) is 12.3. The first kappa shape index (κ1) is 23.8. The Morgan fingerprint density at radius 3 is 2.57 bits per heavy atom. The van der Waals surface area contributed by atoms with Gasteiger partial charge in [0.15, 0.2) is 0 Å². The number of hydrogen-bond donors (Lipinski definition) is 1. The number of halogens is 4. The zero-order valence-corrected chi connectivity index (χ0v) is 20.0. The molecule has 2 atom stereocenters. The molecule has 1 saturated heterocycles. The predicted molar refractivity (Wildman–Crippen MR) is 127 cm³/mol. The normalized spacial score (nSPS) is 21.1. The van der Waals surface area contributed by atoms with Crippen LogP contribution in [-0.2, 0) is 19.3 Å². The Labute approximate surface area is 209 Å². The SMILES string of the molecule is CCCn1cc(CNCC2C3CN(c4ncc(-c5noc(C(F)(F)F)n5)cn4)CC23)c2cc(F)ccc21. The van der Waals surface area contributed by atoms with Crippen molar-refractivity contribution in [2.45, 2.75) is 32.6 Å². The van der Waals surface area contributed by atoms with E-state index in [0.717, 1.165) is 49.1 Å². The monoisotopic (exact) mass is 515 g/mol. The standard InChI is InChI=1S/C25H25F4N7O/c1-2-5-35-11-15(17-6-16(26)3-4-21(17)35)7-30-10-18-19-12-36(13-20(18)19)24-31-8-14(9-32-24)22-33-23(37-34-22)25(27,28)29/h3-4,6,8-9,11,18-20,30H,2,5,7,10,12-13H2,1H3. The second kappa shape index (κ2) is 9.09. The summed E-state index contributed by atoms with van der Waals surface area (Å²) in [6, 6.07) is 4.97. The van der Waals surface area contributed by atoms with Crippen LogP contribution < -0.4 is 10.2 Å². The summed E-state index contributed by atoms with van der Waals surface area (Å²) in [5.74, 6) is 0.365. The number of hydrogen-bond acceptors (Lipinski definition) is 7. The van der Waals surface area contributed by atoms with Crippen molar-refractivity contribution in [1.29, 1.82) is 0 Å². The molecular formula is C25H25F4N7O. The molecule has 2 unspecified atom stereocenters. The number of nitrogens with zero attached hydrogens (tertiary/aromatic N) is 6. The zero-order chi connectivity index (χ0) is 25.7. The Kier molecular flexibility index (Phi) is 5.85. The molecule has 4 aromatic rings. The Bertz CT molecular complexity index is 1400. The van der Waals surface area contributed by atoms with E-state index in [4.69, 9.17) is 0 Å². The second-order valence-electron chi connectivity index (χ2n) is 9.73. The minimum absolute atomic E-state index is 0.199. The molecule has 1 aromatic carbocycles. The van der Waals surface area contributed by atoms with Gasteiger partial charge in [-0.3, -0.25) is 0 Å². The van der Waals surface area contributed by atoms with E-state index in [2.05, 4.69) is 52.5 Å². The Morgan fingerprint density at radius 1 is 1.14 bits per heavy atom. The van der Waals surface area contributed by atoms with Crippen LogP contribution in [0.2, 0.25) is 0 Å². The third-order valence-corrected chi connectivity index (χ3v) is 7.30.